The molecule has 220 valence electrons. The number of aryl methyl sites for hydroxylation is 2. The van der Waals surface area contributed by atoms with E-state index in [4.69, 9.17) is 11.6 Å². The number of likely N-dealkylation sites (N-methyl/N-ethyl adjacent to an activating group) is 1. The summed E-state index contributed by atoms with van der Waals surface area (Å²) in [6, 6.07) is 2.02. The highest BCUT2D eigenvalue weighted by Crippen LogP contribution is 2.41. The zero-order valence-electron chi connectivity index (χ0n) is 20.9. The zero-order chi connectivity index (χ0) is 30.8. The van der Waals surface area contributed by atoms with Crippen LogP contribution in [0.4, 0.5) is 48.7 Å². The number of nitrogens with zero attached hydrogens (tertiary/aromatic N) is 1. The fraction of sp³-hybridized carbons (Fsp3) is 0.360. The first-order chi connectivity index (χ1) is 18.1. The van der Waals surface area contributed by atoms with Crippen molar-refractivity contribution in [2.75, 3.05) is 20.1 Å². The molecule has 2 amide bonds. The van der Waals surface area contributed by atoms with Crippen molar-refractivity contribution < 1.29 is 53.5 Å². The Morgan fingerprint density at radius 2 is 1.52 bits per heavy atom. The Morgan fingerprint density at radius 1 is 0.975 bits per heavy atom. The molecule has 40 heavy (non-hydrogen) atoms. The molecule has 0 fully saturated rings. The fourth-order valence-electron chi connectivity index (χ4n) is 3.63. The number of benzene rings is 2. The molecule has 0 aliphatic heterocycles. The normalized spacial score (nSPS) is 13.7. The van der Waals surface area contributed by atoms with Crippen molar-refractivity contribution in [3.63, 3.8) is 0 Å². The van der Waals surface area contributed by atoms with Crippen LogP contribution in [0.3, 0.4) is 0 Å². The number of nitrogens with one attached hydrogen (secondary N) is 1. The minimum Gasteiger partial charge on any atom is -0.329 e. The topological polar surface area (TPSA) is 49.4 Å². The van der Waals surface area contributed by atoms with Gasteiger partial charge in [-0.1, -0.05) is 35.9 Å². The Labute approximate surface area is 226 Å². The molecule has 0 bridgehead atoms. The molecule has 2 rings (SSSR count). The monoisotopic (exact) mass is 606 g/mol. The largest absolute Gasteiger partial charge is 0.417 e. The summed E-state index contributed by atoms with van der Waals surface area (Å²) in [6.45, 7) is 0.00649. The van der Waals surface area contributed by atoms with Crippen LogP contribution in [0, 0.1) is 13.8 Å². The SMILES string of the molecule is Cc1cc(C(/C=C(\F)c2ccc(C(=O)CN(C)C(=O)NCC(F)(F)F)c(C(F)(F)F)c2)C(F)(F)F)cc(C)c1Cl. The van der Waals surface area contributed by atoms with E-state index < -0.39 is 77.4 Å². The quantitative estimate of drug-likeness (QED) is 0.256. The Morgan fingerprint density at radius 3 is 2.00 bits per heavy atom. The van der Waals surface area contributed by atoms with Gasteiger partial charge >= 0.3 is 24.6 Å². The van der Waals surface area contributed by atoms with E-state index in [2.05, 4.69) is 0 Å². The van der Waals surface area contributed by atoms with Gasteiger partial charge in [0.25, 0.3) is 0 Å². The van der Waals surface area contributed by atoms with Crippen LogP contribution in [0.25, 0.3) is 5.83 Å². The Balaban J connectivity index is 2.45. The number of halogens is 11. The molecule has 0 aliphatic rings. The molecule has 0 saturated heterocycles. The van der Waals surface area contributed by atoms with E-state index in [1.165, 1.54) is 19.2 Å². The Kier molecular flexibility index (Phi) is 9.93. The highest BCUT2D eigenvalue weighted by molar-refractivity contribution is 6.32. The predicted octanol–water partition coefficient (Wildman–Crippen LogP) is 8.02. The smallest absolute Gasteiger partial charge is 0.329 e. The number of allylic oxidation sites excluding steroid dienone is 1. The average Bonchev–Trinajstić information content (AvgIpc) is 2.81. The molecule has 4 nitrogen and oxygen atoms in total. The van der Waals surface area contributed by atoms with Crippen molar-refractivity contribution in [3.05, 3.63) is 74.8 Å². The summed E-state index contributed by atoms with van der Waals surface area (Å²) in [5.74, 6) is -5.59. The van der Waals surface area contributed by atoms with Gasteiger partial charge in [0.15, 0.2) is 5.78 Å². The molecule has 0 aliphatic carbocycles. The molecule has 1 atom stereocenters. The van der Waals surface area contributed by atoms with E-state index in [-0.39, 0.29) is 28.3 Å². The van der Waals surface area contributed by atoms with Crippen LogP contribution in [0.2, 0.25) is 5.02 Å². The predicted molar refractivity (Wildman–Crippen MR) is 127 cm³/mol. The van der Waals surface area contributed by atoms with Crippen LogP contribution < -0.4 is 5.32 Å². The van der Waals surface area contributed by atoms with E-state index in [1.807, 2.05) is 0 Å². The number of urea groups is 1. The van der Waals surface area contributed by atoms with Crippen LogP contribution in [-0.4, -0.2) is 49.2 Å². The van der Waals surface area contributed by atoms with Gasteiger partial charge in [-0.25, -0.2) is 9.18 Å². The number of carbonyl (C=O) groups is 2. The highest BCUT2D eigenvalue weighted by Gasteiger charge is 2.41. The third kappa shape index (κ3) is 8.60. The van der Waals surface area contributed by atoms with Gasteiger partial charge in [0.1, 0.15) is 18.3 Å². The third-order valence-corrected chi connectivity index (χ3v) is 6.15. The van der Waals surface area contributed by atoms with Crippen molar-refractivity contribution in [1.29, 1.82) is 0 Å². The number of hydrogen-bond donors (Lipinski definition) is 1. The second kappa shape index (κ2) is 12.1. The van der Waals surface area contributed by atoms with Gasteiger partial charge in [0.2, 0.25) is 0 Å². The van der Waals surface area contributed by atoms with Crippen molar-refractivity contribution in [3.8, 4) is 0 Å². The lowest BCUT2D eigenvalue weighted by Gasteiger charge is -2.20. The number of carbonyl (C=O) groups excluding carboxylic acids is 2. The number of alkyl halides is 9. The van der Waals surface area contributed by atoms with Gasteiger partial charge in [-0.2, -0.15) is 39.5 Å². The van der Waals surface area contributed by atoms with Gasteiger partial charge in [0.05, 0.1) is 12.1 Å². The van der Waals surface area contributed by atoms with E-state index in [9.17, 15) is 49.1 Å². The molecule has 0 radical (unpaired) electrons. The summed E-state index contributed by atoms with van der Waals surface area (Å²) in [6.07, 6.45) is -15.0. The molecule has 0 saturated carbocycles. The Bertz CT molecular complexity index is 1280. The van der Waals surface area contributed by atoms with Crippen LogP contribution >= 0.6 is 11.6 Å². The molecule has 1 unspecified atom stereocenters. The maximum absolute atomic E-state index is 15.0. The van der Waals surface area contributed by atoms with Crippen LogP contribution in [0.1, 0.15) is 44.1 Å². The molecule has 0 heterocycles. The van der Waals surface area contributed by atoms with Crippen molar-refractivity contribution in [2.45, 2.75) is 38.3 Å². The van der Waals surface area contributed by atoms with Crippen LogP contribution in [0.15, 0.2) is 36.4 Å². The third-order valence-electron chi connectivity index (χ3n) is 5.55. The number of ketones is 1. The molecule has 15 heteroatoms. The minimum atomic E-state index is -5.29. The molecule has 2 aromatic carbocycles. The molecule has 2 aromatic rings. The summed E-state index contributed by atoms with van der Waals surface area (Å²) < 4.78 is 134. The lowest BCUT2D eigenvalue weighted by atomic mass is 9.93. The van der Waals surface area contributed by atoms with Crippen molar-refractivity contribution in [2.24, 2.45) is 0 Å². The lowest BCUT2D eigenvalue weighted by Crippen LogP contribution is -2.43. The van der Waals surface area contributed by atoms with E-state index >= 15 is 4.39 Å². The average molecular weight is 607 g/mol. The van der Waals surface area contributed by atoms with Gasteiger partial charge in [-0.15, -0.1) is 0 Å². The van der Waals surface area contributed by atoms with Gasteiger partial charge < -0.3 is 10.2 Å². The number of Topliss-reactive ketones (excluding diaryl/α,β-unsaturated/α-hetero) is 1. The summed E-state index contributed by atoms with van der Waals surface area (Å²) in [4.78, 5) is 24.6. The maximum atomic E-state index is 15.0. The minimum absolute atomic E-state index is 0.0951. The number of amides is 2. The summed E-state index contributed by atoms with van der Waals surface area (Å²) >= 11 is 5.98. The summed E-state index contributed by atoms with van der Waals surface area (Å²) in [7, 11) is 0.852. The zero-order valence-corrected chi connectivity index (χ0v) is 21.6. The van der Waals surface area contributed by atoms with Crippen LogP contribution in [0.5, 0.6) is 0 Å². The second-order valence-electron chi connectivity index (χ2n) is 8.81. The molecule has 0 aromatic heterocycles. The molecular weight excluding hydrogens is 586 g/mol. The fourth-order valence-corrected chi connectivity index (χ4v) is 3.74. The highest BCUT2D eigenvalue weighted by atomic mass is 35.5. The summed E-state index contributed by atoms with van der Waals surface area (Å²) in [5, 5.41) is 1.62. The van der Waals surface area contributed by atoms with E-state index in [0.717, 1.165) is 19.2 Å². The first-order valence-electron chi connectivity index (χ1n) is 11.1. The first kappa shape index (κ1) is 32.9. The van der Waals surface area contributed by atoms with Gasteiger partial charge in [-0.3, -0.25) is 4.79 Å². The lowest BCUT2D eigenvalue weighted by molar-refractivity contribution is -0.140. The number of rotatable bonds is 7. The standard InChI is InChI=1S/C25H21ClF10N2O2/c1-12-6-15(7-13(2)21(12)26)17(24(31,32)33)9-19(27)14-4-5-16(18(8-14)25(34,35)36)20(39)10-38(3)22(40)37-11-23(28,29)30/h4-9,17H,10-11H2,1-3H3,(H,37,40)/b19-9-. The maximum Gasteiger partial charge on any atom is 0.417 e. The molecule has 0 spiro atoms. The van der Waals surface area contributed by atoms with Crippen molar-refractivity contribution >= 4 is 29.2 Å². The van der Waals surface area contributed by atoms with E-state index in [1.54, 1.807) is 0 Å². The Hall–Kier alpha value is -3.29. The van der Waals surface area contributed by atoms with Crippen molar-refractivity contribution in [1.82, 2.24) is 10.2 Å². The second-order valence-corrected chi connectivity index (χ2v) is 9.19. The number of hydrogen-bond acceptors (Lipinski definition) is 2. The molecular formula is C25H21ClF10N2O2. The van der Waals surface area contributed by atoms with Gasteiger partial charge in [-0.05, 0) is 42.7 Å². The van der Waals surface area contributed by atoms with Gasteiger partial charge in [0, 0.05) is 23.2 Å². The first-order valence-corrected chi connectivity index (χ1v) is 11.5. The summed E-state index contributed by atoms with van der Waals surface area (Å²) in [5.41, 5.74) is -3.59. The molecule has 1 N–H and O–H groups in total. The van der Waals surface area contributed by atoms with Crippen LogP contribution in [-0.2, 0) is 6.18 Å². The van der Waals surface area contributed by atoms with E-state index in [0.29, 0.717) is 17.0 Å².